The largest absolute Gasteiger partial charge is 0.383 e. The van der Waals surface area contributed by atoms with E-state index in [-0.39, 0.29) is 11.9 Å². The molecule has 4 rings (SSSR count). The number of hydrogen-bond donors (Lipinski definition) is 0. The first-order valence-electron chi connectivity index (χ1n) is 10.4. The second-order valence-electron chi connectivity index (χ2n) is 7.85. The number of benzene rings is 1. The van der Waals surface area contributed by atoms with Crippen LogP contribution in [0.5, 0.6) is 0 Å². The van der Waals surface area contributed by atoms with Gasteiger partial charge in [-0.2, -0.15) is 0 Å². The molecule has 1 aromatic heterocycles. The van der Waals surface area contributed by atoms with Crippen LogP contribution in [0.2, 0.25) is 0 Å². The van der Waals surface area contributed by atoms with E-state index in [0.29, 0.717) is 32.5 Å². The Kier molecular flexibility index (Phi) is 6.46. The summed E-state index contributed by atoms with van der Waals surface area (Å²) in [5.41, 5.74) is 0.434. The summed E-state index contributed by atoms with van der Waals surface area (Å²) in [5.74, 6) is -0.0634. The number of carbonyl (C=O) groups excluding carboxylic acids is 2. The fourth-order valence-corrected chi connectivity index (χ4v) is 5.10. The maximum Gasteiger partial charge on any atom is 0.327 e. The minimum Gasteiger partial charge on any atom is -0.383 e. The van der Waals surface area contributed by atoms with Gasteiger partial charge < -0.3 is 9.64 Å². The van der Waals surface area contributed by atoms with Gasteiger partial charge in [-0.3, -0.25) is 14.6 Å². The van der Waals surface area contributed by atoms with Crippen molar-refractivity contribution >= 4 is 23.3 Å². The average molecular weight is 429 g/mol. The molecule has 0 radical (unpaired) electrons. The van der Waals surface area contributed by atoms with Gasteiger partial charge in [-0.05, 0) is 24.8 Å². The van der Waals surface area contributed by atoms with Gasteiger partial charge in [-0.15, -0.1) is 11.3 Å². The predicted molar refractivity (Wildman–Crippen MR) is 115 cm³/mol. The Morgan fingerprint density at radius 3 is 2.57 bits per heavy atom. The number of hydrogen-bond acceptors (Lipinski definition) is 6. The Labute approximate surface area is 181 Å². The smallest absolute Gasteiger partial charge is 0.327 e. The van der Waals surface area contributed by atoms with Crippen molar-refractivity contribution in [2.75, 3.05) is 39.9 Å². The second kappa shape index (κ2) is 9.24. The van der Waals surface area contributed by atoms with Crippen LogP contribution in [-0.2, 0) is 22.5 Å². The molecule has 0 N–H and O–H groups in total. The first kappa shape index (κ1) is 21.0. The van der Waals surface area contributed by atoms with E-state index in [1.54, 1.807) is 18.4 Å². The quantitative estimate of drug-likeness (QED) is 0.605. The van der Waals surface area contributed by atoms with E-state index in [9.17, 15) is 9.59 Å². The van der Waals surface area contributed by atoms with Crippen LogP contribution in [0.15, 0.2) is 41.9 Å². The zero-order valence-corrected chi connectivity index (χ0v) is 18.1. The molecule has 30 heavy (non-hydrogen) atoms. The Hall–Kier alpha value is -2.29. The van der Waals surface area contributed by atoms with Gasteiger partial charge in [0, 0.05) is 38.3 Å². The molecular formula is C22H28N4O3S. The standard InChI is InChI=1S/C22H28N4O3S/c1-29-15-14-25-20(27)22(8-12-24(13-9-22)17-19-23-10-16-30-19)26(21(25)28)11-7-18-5-3-2-4-6-18/h2-6,10,16H,7-9,11-15,17H2,1H3. The fraction of sp³-hybridized carbons (Fsp3) is 0.500. The first-order chi connectivity index (χ1) is 14.6. The van der Waals surface area contributed by atoms with E-state index in [2.05, 4.69) is 22.0 Å². The van der Waals surface area contributed by atoms with Gasteiger partial charge in [-0.1, -0.05) is 30.3 Å². The molecule has 2 aliphatic heterocycles. The molecule has 2 aliphatic rings. The van der Waals surface area contributed by atoms with Gasteiger partial charge in [0.1, 0.15) is 10.5 Å². The van der Waals surface area contributed by atoms with Crippen molar-refractivity contribution < 1.29 is 14.3 Å². The number of urea groups is 1. The summed E-state index contributed by atoms with van der Waals surface area (Å²) in [7, 11) is 1.59. The third-order valence-electron chi connectivity index (χ3n) is 6.13. The summed E-state index contributed by atoms with van der Waals surface area (Å²) in [4.78, 5) is 36.6. The molecule has 160 valence electrons. The number of aromatic nitrogens is 1. The molecule has 8 heteroatoms. The zero-order valence-electron chi connectivity index (χ0n) is 17.3. The first-order valence-corrected chi connectivity index (χ1v) is 11.3. The lowest BCUT2D eigenvalue weighted by Gasteiger charge is -2.42. The summed E-state index contributed by atoms with van der Waals surface area (Å²) in [6.07, 6.45) is 3.87. The van der Waals surface area contributed by atoms with Crippen molar-refractivity contribution in [1.82, 2.24) is 19.7 Å². The summed E-state index contributed by atoms with van der Waals surface area (Å²) in [6, 6.07) is 9.94. The number of piperidine rings is 1. The van der Waals surface area contributed by atoms with Crippen molar-refractivity contribution in [2.24, 2.45) is 0 Å². The molecule has 1 aromatic carbocycles. The van der Waals surface area contributed by atoms with Gasteiger partial charge in [0.2, 0.25) is 0 Å². The van der Waals surface area contributed by atoms with Crippen molar-refractivity contribution in [3.63, 3.8) is 0 Å². The van der Waals surface area contributed by atoms with Gasteiger partial charge in [-0.25, -0.2) is 9.78 Å². The van der Waals surface area contributed by atoms with E-state index < -0.39 is 5.54 Å². The molecule has 7 nitrogen and oxygen atoms in total. The van der Waals surface area contributed by atoms with E-state index >= 15 is 0 Å². The number of amides is 3. The van der Waals surface area contributed by atoms with Crippen molar-refractivity contribution in [2.45, 2.75) is 31.3 Å². The molecule has 3 amide bonds. The number of thiazole rings is 1. The second-order valence-corrected chi connectivity index (χ2v) is 8.83. The number of rotatable bonds is 8. The van der Waals surface area contributed by atoms with E-state index in [0.717, 1.165) is 31.1 Å². The van der Waals surface area contributed by atoms with Crippen LogP contribution in [0.1, 0.15) is 23.4 Å². The average Bonchev–Trinajstić information content (AvgIpc) is 3.34. The summed E-state index contributed by atoms with van der Waals surface area (Å²) in [5, 5.41) is 3.07. The van der Waals surface area contributed by atoms with Gasteiger partial charge in [0.05, 0.1) is 19.7 Å². The van der Waals surface area contributed by atoms with Crippen LogP contribution in [0.3, 0.4) is 0 Å². The molecule has 1 spiro atoms. The van der Waals surface area contributed by atoms with Crippen LogP contribution in [-0.4, -0.2) is 77.1 Å². The number of ether oxygens (including phenoxy) is 1. The number of nitrogens with zero attached hydrogens (tertiary/aromatic N) is 4. The van der Waals surface area contributed by atoms with Crippen molar-refractivity contribution in [3.8, 4) is 0 Å². The van der Waals surface area contributed by atoms with Crippen LogP contribution in [0.4, 0.5) is 4.79 Å². The monoisotopic (exact) mass is 428 g/mol. The predicted octanol–water partition coefficient (Wildman–Crippen LogP) is 2.63. The van der Waals surface area contributed by atoms with Crippen molar-refractivity contribution in [1.29, 1.82) is 0 Å². The molecule has 0 saturated carbocycles. The minimum absolute atomic E-state index is 0.0634. The van der Waals surface area contributed by atoms with Crippen LogP contribution >= 0.6 is 11.3 Å². The van der Waals surface area contributed by atoms with Crippen LogP contribution in [0.25, 0.3) is 0 Å². The maximum absolute atomic E-state index is 13.4. The molecule has 0 bridgehead atoms. The zero-order chi connectivity index (χ0) is 21.0. The van der Waals surface area contributed by atoms with E-state index in [4.69, 9.17) is 4.74 Å². The highest BCUT2D eigenvalue weighted by atomic mass is 32.1. The Morgan fingerprint density at radius 2 is 1.90 bits per heavy atom. The molecule has 0 aliphatic carbocycles. The van der Waals surface area contributed by atoms with Gasteiger partial charge in [0.15, 0.2) is 0 Å². The Balaban J connectivity index is 1.49. The minimum atomic E-state index is -0.737. The number of likely N-dealkylation sites (tertiary alicyclic amines) is 1. The number of methoxy groups -OCH3 is 1. The van der Waals surface area contributed by atoms with Crippen molar-refractivity contribution in [3.05, 3.63) is 52.5 Å². The normalized spacial score (nSPS) is 19.2. The molecular weight excluding hydrogens is 400 g/mol. The molecule has 0 unspecified atom stereocenters. The van der Waals surface area contributed by atoms with Crippen LogP contribution < -0.4 is 0 Å². The highest BCUT2D eigenvalue weighted by Crippen LogP contribution is 2.37. The third kappa shape index (κ3) is 4.12. The SMILES string of the molecule is COCCN1C(=O)N(CCc2ccccc2)C2(CCN(Cc3nccs3)CC2)C1=O. The third-order valence-corrected chi connectivity index (χ3v) is 6.90. The summed E-state index contributed by atoms with van der Waals surface area (Å²) in [6.45, 7) is 3.56. The lowest BCUT2D eigenvalue weighted by Crippen LogP contribution is -2.56. The molecule has 0 atom stereocenters. The highest BCUT2D eigenvalue weighted by molar-refractivity contribution is 7.09. The summed E-state index contributed by atoms with van der Waals surface area (Å²) >= 11 is 1.65. The summed E-state index contributed by atoms with van der Waals surface area (Å²) < 4.78 is 5.14. The topological polar surface area (TPSA) is 66.0 Å². The number of imide groups is 1. The molecule has 2 aromatic rings. The highest BCUT2D eigenvalue weighted by Gasteiger charge is 2.57. The number of carbonyl (C=O) groups is 2. The van der Waals surface area contributed by atoms with Gasteiger partial charge in [0.25, 0.3) is 5.91 Å². The fourth-order valence-electron chi connectivity index (χ4n) is 4.44. The Bertz CT molecular complexity index is 851. The van der Waals surface area contributed by atoms with Crippen LogP contribution in [0, 0.1) is 0 Å². The van der Waals surface area contributed by atoms with Gasteiger partial charge >= 0.3 is 6.03 Å². The maximum atomic E-state index is 13.4. The van der Waals surface area contributed by atoms with E-state index in [1.165, 1.54) is 10.5 Å². The molecule has 2 fully saturated rings. The molecule has 3 heterocycles. The Morgan fingerprint density at radius 1 is 1.13 bits per heavy atom. The lowest BCUT2D eigenvalue weighted by atomic mass is 9.85. The lowest BCUT2D eigenvalue weighted by molar-refractivity contribution is -0.136. The van der Waals surface area contributed by atoms with E-state index in [1.807, 2.05) is 34.7 Å². The molecule has 2 saturated heterocycles.